The number of morpholine rings is 1. The molecule has 1 aliphatic heterocycles. The molecule has 4 aromatic rings. The summed E-state index contributed by atoms with van der Waals surface area (Å²) < 4.78 is 7.72. The minimum absolute atomic E-state index is 0.204. The van der Waals surface area contributed by atoms with Crippen LogP contribution in [0.25, 0.3) is 11.0 Å². The molecule has 2 amide bonds. The average Bonchev–Trinajstić information content (AvgIpc) is 3.30. The summed E-state index contributed by atoms with van der Waals surface area (Å²) in [5.74, 6) is 0.943. The van der Waals surface area contributed by atoms with Gasteiger partial charge in [-0.2, -0.15) is 0 Å². The second-order valence-corrected chi connectivity index (χ2v) is 8.87. The molecular weight excluding hydrogens is 440 g/mol. The molecule has 2 aromatic heterocycles. The van der Waals surface area contributed by atoms with Crippen molar-refractivity contribution in [3.63, 3.8) is 0 Å². The predicted molar refractivity (Wildman–Crippen MR) is 136 cm³/mol. The lowest BCUT2D eigenvalue weighted by molar-refractivity contribution is 0.0529. The van der Waals surface area contributed by atoms with Gasteiger partial charge in [-0.25, -0.2) is 14.8 Å². The summed E-state index contributed by atoms with van der Waals surface area (Å²) in [4.78, 5) is 23.5. The van der Waals surface area contributed by atoms with Gasteiger partial charge in [-0.3, -0.25) is 0 Å². The SMILES string of the molecule is CC1CN(c2ccc(CNC(=O)NCc3ccc(Cn4cnc5ccccc54)cc3)cn2)CCO1. The lowest BCUT2D eigenvalue weighted by atomic mass is 10.1. The van der Waals surface area contributed by atoms with Crippen LogP contribution in [0.4, 0.5) is 10.6 Å². The maximum atomic E-state index is 12.3. The van der Waals surface area contributed by atoms with Gasteiger partial charge >= 0.3 is 6.03 Å². The zero-order chi connectivity index (χ0) is 24.0. The summed E-state index contributed by atoms with van der Waals surface area (Å²) in [5.41, 5.74) is 5.31. The van der Waals surface area contributed by atoms with Crippen molar-refractivity contribution in [3.05, 3.63) is 89.9 Å². The molecule has 8 nitrogen and oxygen atoms in total. The molecular formula is C27H30N6O2. The number of carbonyl (C=O) groups excluding carboxylic acids is 1. The molecule has 1 aliphatic rings. The molecule has 180 valence electrons. The Morgan fingerprint density at radius 1 is 0.971 bits per heavy atom. The maximum Gasteiger partial charge on any atom is 0.315 e. The van der Waals surface area contributed by atoms with Crippen molar-refractivity contribution >= 4 is 22.9 Å². The van der Waals surface area contributed by atoms with Gasteiger partial charge in [0.2, 0.25) is 0 Å². The zero-order valence-corrected chi connectivity index (χ0v) is 19.9. The van der Waals surface area contributed by atoms with E-state index in [9.17, 15) is 4.79 Å². The fourth-order valence-corrected chi connectivity index (χ4v) is 4.26. The second-order valence-electron chi connectivity index (χ2n) is 8.87. The summed E-state index contributed by atoms with van der Waals surface area (Å²) >= 11 is 0. The summed E-state index contributed by atoms with van der Waals surface area (Å²) in [6.45, 7) is 6.12. The highest BCUT2D eigenvalue weighted by Gasteiger charge is 2.17. The lowest BCUT2D eigenvalue weighted by Gasteiger charge is -2.32. The number of nitrogens with one attached hydrogen (secondary N) is 2. The van der Waals surface area contributed by atoms with Crippen molar-refractivity contribution in [2.45, 2.75) is 32.7 Å². The van der Waals surface area contributed by atoms with Gasteiger partial charge in [0, 0.05) is 38.9 Å². The molecule has 0 spiro atoms. The molecule has 0 saturated carbocycles. The molecule has 5 rings (SSSR count). The Balaban J connectivity index is 1.07. The molecule has 8 heteroatoms. The molecule has 1 atom stereocenters. The number of hydrogen-bond acceptors (Lipinski definition) is 5. The van der Waals surface area contributed by atoms with E-state index in [1.54, 1.807) is 0 Å². The van der Waals surface area contributed by atoms with E-state index in [-0.39, 0.29) is 12.1 Å². The number of carbonyl (C=O) groups is 1. The predicted octanol–water partition coefficient (Wildman–Crippen LogP) is 3.70. The Morgan fingerprint density at radius 3 is 2.49 bits per heavy atom. The van der Waals surface area contributed by atoms with Crippen LogP contribution in [0.15, 0.2) is 73.2 Å². The van der Waals surface area contributed by atoms with Crippen LogP contribution in [-0.2, 0) is 24.4 Å². The number of hydrogen-bond donors (Lipinski definition) is 2. The van der Waals surface area contributed by atoms with Crippen LogP contribution in [0.2, 0.25) is 0 Å². The molecule has 1 fully saturated rings. The molecule has 2 aromatic carbocycles. The number of pyridine rings is 1. The number of rotatable bonds is 7. The van der Waals surface area contributed by atoms with Crippen molar-refractivity contribution in [3.8, 4) is 0 Å². The number of nitrogens with zero attached hydrogens (tertiary/aromatic N) is 4. The molecule has 1 saturated heterocycles. The molecule has 1 unspecified atom stereocenters. The minimum atomic E-state index is -0.204. The van der Waals surface area contributed by atoms with Crippen LogP contribution >= 0.6 is 0 Å². The van der Waals surface area contributed by atoms with Crippen molar-refractivity contribution in [1.82, 2.24) is 25.2 Å². The first-order valence-corrected chi connectivity index (χ1v) is 11.9. The summed E-state index contributed by atoms with van der Waals surface area (Å²) in [6.07, 6.45) is 3.90. The Hall–Kier alpha value is -3.91. The number of aromatic nitrogens is 3. The molecule has 0 radical (unpaired) electrons. The van der Waals surface area contributed by atoms with Crippen molar-refractivity contribution in [1.29, 1.82) is 0 Å². The Bertz CT molecular complexity index is 1270. The van der Waals surface area contributed by atoms with Gasteiger partial charge in [-0.05, 0) is 41.8 Å². The van der Waals surface area contributed by atoms with Crippen LogP contribution in [-0.4, -0.2) is 46.4 Å². The average molecular weight is 471 g/mol. The van der Waals surface area contributed by atoms with Crippen LogP contribution in [0, 0.1) is 0 Å². The number of fused-ring (bicyclic) bond motifs is 1. The first-order valence-electron chi connectivity index (χ1n) is 11.9. The van der Waals surface area contributed by atoms with E-state index in [0.29, 0.717) is 13.1 Å². The van der Waals surface area contributed by atoms with Crippen LogP contribution in [0.5, 0.6) is 0 Å². The van der Waals surface area contributed by atoms with E-state index in [1.807, 2.05) is 55.0 Å². The Labute approximate surface area is 204 Å². The van der Waals surface area contributed by atoms with Crippen LogP contribution < -0.4 is 15.5 Å². The zero-order valence-electron chi connectivity index (χ0n) is 19.9. The number of ether oxygens (including phenoxy) is 1. The number of benzene rings is 2. The first-order chi connectivity index (χ1) is 17.1. The highest BCUT2D eigenvalue weighted by atomic mass is 16.5. The van der Waals surface area contributed by atoms with Crippen LogP contribution in [0.1, 0.15) is 23.6 Å². The summed E-state index contributed by atoms with van der Waals surface area (Å²) in [5, 5.41) is 5.82. The number of urea groups is 1. The van der Waals surface area contributed by atoms with Crippen molar-refractivity contribution in [2.75, 3.05) is 24.6 Å². The highest BCUT2D eigenvalue weighted by molar-refractivity contribution is 5.75. The summed E-state index contributed by atoms with van der Waals surface area (Å²) in [6, 6.07) is 20.2. The van der Waals surface area contributed by atoms with Crippen molar-refractivity contribution < 1.29 is 9.53 Å². The molecule has 3 heterocycles. The molecule has 0 aliphatic carbocycles. The third-order valence-electron chi connectivity index (χ3n) is 6.18. The second kappa shape index (κ2) is 10.6. The smallest absolute Gasteiger partial charge is 0.315 e. The number of para-hydroxylation sites is 2. The quantitative estimate of drug-likeness (QED) is 0.430. The third-order valence-corrected chi connectivity index (χ3v) is 6.18. The van der Waals surface area contributed by atoms with Gasteiger partial charge in [-0.15, -0.1) is 0 Å². The fourth-order valence-electron chi connectivity index (χ4n) is 4.26. The van der Waals surface area contributed by atoms with Gasteiger partial charge in [0.1, 0.15) is 5.82 Å². The molecule has 0 bridgehead atoms. The normalized spacial score (nSPS) is 15.8. The Kier molecular flexibility index (Phi) is 6.90. The van der Waals surface area contributed by atoms with E-state index in [1.165, 1.54) is 5.56 Å². The van der Waals surface area contributed by atoms with E-state index in [4.69, 9.17) is 4.74 Å². The fraction of sp³-hybridized carbons (Fsp3) is 0.296. The van der Waals surface area contributed by atoms with E-state index >= 15 is 0 Å². The van der Waals surface area contributed by atoms with E-state index in [2.05, 4.69) is 55.2 Å². The number of anilines is 1. The molecule has 35 heavy (non-hydrogen) atoms. The van der Waals surface area contributed by atoms with Gasteiger partial charge in [-0.1, -0.05) is 42.5 Å². The van der Waals surface area contributed by atoms with Crippen molar-refractivity contribution in [2.24, 2.45) is 0 Å². The topological polar surface area (TPSA) is 84.3 Å². The van der Waals surface area contributed by atoms with E-state index in [0.717, 1.165) is 54.2 Å². The summed E-state index contributed by atoms with van der Waals surface area (Å²) in [7, 11) is 0. The third kappa shape index (κ3) is 5.78. The lowest BCUT2D eigenvalue weighted by Crippen LogP contribution is -2.41. The first kappa shape index (κ1) is 22.9. The Morgan fingerprint density at radius 2 is 1.71 bits per heavy atom. The monoisotopic (exact) mass is 470 g/mol. The number of amides is 2. The van der Waals surface area contributed by atoms with Gasteiger partial charge in [0.05, 0.1) is 30.1 Å². The maximum absolute atomic E-state index is 12.3. The van der Waals surface area contributed by atoms with E-state index < -0.39 is 0 Å². The van der Waals surface area contributed by atoms with Gasteiger partial charge in [0.15, 0.2) is 0 Å². The van der Waals surface area contributed by atoms with Crippen LogP contribution in [0.3, 0.4) is 0 Å². The standard InChI is InChI=1S/C27H30N6O2/c1-20-17-32(12-13-35-20)26-11-10-23(15-28-26)16-30-27(34)29-14-21-6-8-22(9-7-21)18-33-19-31-24-4-2-3-5-25(24)33/h2-11,15,19-20H,12-14,16-18H2,1H3,(H2,29,30,34). The largest absolute Gasteiger partial charge is 0.375 e. The van der Waals surface area contributed by atoms with Gasteiger partial charge in [0.25, 0.3) is 0 Å². The molecule has 2 N–H and O–H groups in total. The minimum Gasteiger partial charge on any atom is -0.375 e. The van der Waals surface area contributed by atoms with Gasteiger partial charge < -0.3 is 24.8 Å². The highest BCUT2D eigenvalue weighted by Crippen LogP contribution is 2.16. The number of imidazole rings is 1.